The number of methoxy groups -OCH3 is 2. The van der Waals surface area contributed by atoms with E-state index in [1.54, 1.807) is 25.1 Å². The molecule has 0 aliphatic heterocycles. The van der Waals surface area contributed by atoms with Gasteiger partial charge in [-0.25, -0.2) is 4.39 Å². The van der Waals surface area contributed by atoms with Crippen molar-refractivity contribution in [3.05, 3.63) is 58.9 Å². The van der Waals surface area contributed by atoms with Gasteiger partial charge in [0.1, 0.15) is 5.82 Å². The maximum atomic E-state index is 13.2. The van der Waals surface area contributed by atoms with Crippen LogP contribution in [0.3, 0.4) is 0 Å². The third-order valence-electron chi connectivity index (χ3n) is 3.07. The summed E-state index contributed by atoms with van der Waals surface area (Å²) in [5.74, 6) is 0.527. The van der Waals surface area contributed by atoms with E-state index in [0.29, 0.717) is 28.2 Å². The predicted octanol–water partition coefficient (Wildman–Crippen LogP) is 3.38. The number of ketones is 1. The molecule has 0 N–H and O–H groups in total. The highest BCUT2D eigenvalue weighted by atomic mass is 19.1. The van der Waals surface area contributed by atoms with Crippen molar-refractivity contribution in [2.75, 3.05) is 14.2 Å². The number of ether oxygens (including phenoxy) is 2. The van der Waals surface area contributed by atoms with Crippen LogP contribution in [0, 0.1) is 12.7 Å². The van der Waals surface area contributed by atoms with Crippen molar-refractivity contribution in [3.8, 4) is 11.5 Å². The van der Waals surface area contributed by atoms with Gasteiger partial charge in [0.05, 0.1) is 14.2 Å². The van der Waals surface area contributed by atoms with Crippen molar-refractivity contribution in [3.63, 3.8) is 0 Å². The van der Waals surface area contributed by atoms with Crippen molar-refractivity contribution in [2.45, 2.75) is 6.92 Å². The Bertz CT molecular complexity index is 650. The molecule has 2 aromatic rings. The van der Waals surface area contributed by atoms with E-state index in [0.717, 1.165) is 0 Å². The quantitative estimate of drug-likeness (QED) is 0.802. The highest BCUT2D eigenvalue weighted by Gasteiger charge is 2.13. The zero-order chi connectivity index (χ0) is 14.7. The summed E-state index contributed by atoms with van der Waals surface area (Å²) in [5.41, 5.74) is 1.35. The first-order valence-electron chi connectivity index (χ1n) is 6.09. The number of halogens is 1. The molecule has 4 heteroatoms. The molecule has 0 atom stereocenters. The average molecular weight is 274 g/mol. The fourth-order valence-electron chi connectivity index (χ4n) is 1.93. The number of benzene rings is 2. The lowest BCUT2D eigenvalue weighted by molar-refractivity contribution is 0.103. The first-order valence-corrected chi connectivity index (χ1v) is 6.09. The van der Waals surface area contributed by atoms with Gasteiger partial charge in [-0.15, -0.1) is 0 Å². The second kappa shape index (κ2) is 5.74. The lowest BCUT2D eigenvalue weighted by atomic mass is 10.0. The highest BCUT2D eigenvalue weighted by molar-refractivity contribution is 6.09. The minimum Gasteiger partial charge on any atom is -0.493 e. The van der Waals surface area contributed by atoms with E-state index in [4.69, 9.17) is 9.47 Å². The molecule has 0 bridgehead atoms. The summed E-state index contributed by atoms with van der Waals surface area (Å²) >= 11 is 0. The summed E-state index contributed by atoms with van der Waals surface area (Å²) in [6, 6.07) is 9.24. The lowest BCUT2D eigenvalue weighted by Gasteiger charge is -2.09. The fourth-order valence-corrected chi connectivity index (χ4v) is 1.93. The molecule has 0 aromatic heterocycles. The van der Waals surface area contributed by atoms with Crippen molar-refractivity contribution in [1.82, 2.24) is 0 Å². The predicted molar refractivity (Wildman–Crippen MR) is 74.1 cm³/mol. The van der Waals surface area contributed by atoms with E-state index >= 15 is 0 Å². The first kappa shape index (κ1) is 14.1. The Morgan fingerprint density at radius 2 is 1.55 bits per heavy atom. The molecule has 0 radical (unpaired) electrons. The Hall–Kier alpha value is -2.36. The summed E-state index contributed by atoms with van der Waals surface area (Å²) < 4.78 is 23.5. The number of hydrogen-bond acceptors (Lipinski definition) is 3. The zero-order valence-corrected chi connectivity index (χ0v) is 11.6. The number of rotatable bonds is 4. The van der Waals surface area contributed by atoms with Gasteiger partial charge >= 0.3 is 0 Å². The molecule has 0 unspecified atom stereocenters. The van der Waals surface area contributed by atoms with E-state index < -0.39 is 0 Å². The smallest absolute Gasteiger partial charge is 0.193 e. The fraction of sp³-hybridized carbons (Fsp3) is 0.188. The van der Waals surface area contributed by atoms with Gasteiger partial charge in [0.2, 0.25) is 0 Å². The van der Waals surface area contributed by atoms with E-state index in [2.05, 4.69) is 0 Å². The average Bonchev–Trinajstić information content (AvgIpc) is 2.48. The summed E-state index contributed by atoms with van der Waals surface area (Å²) in [6.45, 7) is 1.63. The maximum Gasteiger partial charge on any atom is 0.193 e. The van der Waals surface area contributed by atoms with Gasteiger partial charge in [-0.05, 0) is 48.9 Å². The lowest BCUT2D eigenvalue weighted by Crippen LogP contribution is -2.03. The van der Waals surface area contributed by atoms with E-state index in [-0.39, 0.29) is 11.6 Å². The monoisotopic (exact) mass is 274 g/mol. The third kappa shape index (κ3) is 2.64. The van der Waals surface area contributed by atoms with Crippen LogP contribution < -0.4 is 9.47 Å². The Kier molecular flexibility index (Phi) is 4.03. The molecule has 0 fully saturated rings. The van der Waals surface area contributed by atoms with Gasteiger partial charge in [0.25, 0.3) is 0 Å². The van der Waals surface area contributed by atoms with Gasteiger partial charge in [0, 0.05) is 11.1 Å². The van der Waals surface area contributed by atoms with E-state index in [1.165, 1.54) is 32.4 Å². The van der Waals surface area contributed by atoms with Crippen molar-refractivity contribution in [1.29, 1.82) is 0 Å². The summed E-state index contributed by atoms with van der Waals surface area (Å²) in [6.07, 6.45) is 0. The molecule has 2 aromatic carbocycles. The first-order chi connectivity index (χ1) is 9.56. The Morgan fingerprint density at radius 3 is 2.15 bits per heavy atom. The molecule has 0 amide bonds. The van der Waals surface area contributed by atoms with Crippen molar-refractivity contribution >= 4 is 5.78 Å². The number of aryl methyl sites for hydroxylation is 1. The largest absolute Gasteiger partial charge is 0.493 e. The number of carbonyl (C=O) groups is 1. The maximum absolute atomic E-state index is 13.2. The van der Waals surface area contributed by atoms with Crippen LogP contribution in [-0.2, 0) is 0 Å². The van der Waals surface area contributed by atoms with Crippen LogP contribution in [0.2, 0.25) is 0 Å². The van der Waals surface area contributed by atoms with Gasteiger partial charge in [-0.1, -0.05) is 0 Å². The molecule has 0 aliphatic carbocycles. The third-order valence-corrected chi connectivity index (χ3v) is 3.07. The molecule has 2 rings (SSSR count). The molecule has 0 aliphatic rings. The molecular weight excluding hydrogens is 259 g/mol. The zero-order valence-electron chi connectivity index (χ0n) is 11.6. The molecule has 0 saturated carbocycles. The molecule has 3 nitrogen and oxygen atoms in total. The van der Waals surface area contributed by atoms with Crippen molar-refractivity contribution in [2.24, 2.45) is 0 Å². The van der Waals surface area contributed by atoms with Crippen molar-refractivity contribution < 1.29 is 18.7 Å². The van der Waals surface area contributed by atoms with Crippen LogP contribution in [0.25, 0.3) is 0 Å². The Balaban J connectivity index is 2.40. The second-order valence-corrected chi connectivity index (χ2v) is 4.36. The van der Waals surface area contributed by atoms with Gasteiger partial charge < -0.3 is 9.47 Å². The van der Waals surface area contributed by atoms with Crippen LogP contribution in [0.5, 0.6) is 11.5 Å². The normalized spacial score (nSPS) is 10.2. The standard InChI is InChI=1S/C16H15FO3/c1-10-8-11(4-6-13(10)17)16(18)12-5-7-14(19-2)15(9-12)20-3/h4-9H,1-3H3. The Morgan fingerprint density at radius 1 is 0.950 bits per heavy atom. The molecular formula is C16H15FO3. The summed E-state index contributed by atoms with van der Waals surface area (Å²) in [7, 11) is 3.04. The number of carbonyl (C=O) groups excluding carboxylic acids is 1. The summed E-state index contributed by atoms with van der Waals surface area (Å²) in [4.78, 5) is 12.4. The van der Waals surface area contributed by atoms with Crippen LogP contribution in [0.4, 0.5) is 4.39 Å². The molecule has 0 spiro atoms. The summed E-state index contributed by atoms with van der Waals surface area (Å²) in [5, 5.41) is 0. The topological polar surface area (TPSA) is 35.5 Å². The SMILES string of the molecule is COc1ccc(C(=O)c2ccc(F)c(C)c2)cc1OC. The van der Waals surface area contributed by atoms with Crippen LogP contribution in [0.1, 0.15) is 21.5 Å². The van der Waals surface area contributed by atoms with Crippen LogP contribution in [0.15, 0.2) is 36.4 Å². The van der Waals surface area contributed by atoms with Gasteiger partial charge in [-0.2, -0.15) is 0 Å². The highest BCUT2D eigenvalue weighted by Crippen LogP contribution is 2.28. The molecule has 20 heavy (non-hydrogen) atoms. The van der Waals surface area contributed by atoms with Crippen LogP contribution in [-0.4, -0.2) is 20.0 Å². The minimum absolute atomic E-state index is 0.186. The Labute approximate surface area is 117 Å². The van der Waals surface area contributed by atoms with Gasteiger partial charge in [0.15, 0.2) is 17.3 Å². The van der Waals surface area contributed by atoms with E-state index in [1.807, 2.05) is 0 Å². The van der Waals surface area contributed by atoms with Gasteiger partial charge in [-0.3, -0.25) is 4.79 Å². The molecule has 0 heterocycles. The molecule has 104 valence electrons. The van der Waals surface area contributed by atoms with Crippen LogP contribution >= 0.6 is 0 Å². The van der Waals surface area contributed by atoms with E-state index in [9.17, 15) is 9.18 Å². The number of hydrogen-bond donors (Lipinski definition) is 0. The minimum atomic E-state index is -0.325. The second-order valence-electron chi connectivity index (χ2n) is 4.36. The molecule has 0 saturated heterocycles.